The number of ketones is 2. The summed E-state index contributed by atoms with van der Waals surface area (Å²) in [6.07, 6.45) is 3.37. The van der Waals surface area contributed by atoms with Crippen LogP contribution in [-0.2, 0) is 14.4 Å². The molecule has 0 saturated carbocycles. The highest BCUT2D eigenvalue weighted by Crippen LogP contribution is 2.43. The molecule has 3 unspecified atom stereocenters. The largest absolute Gasteiger partial charge is 0.481 e. The van der Waals surface area contributed by atoms with Crippen LogP contribution in [0.15, 0.2) is 12.4 Å². The smallest absolute Gasteiger partial charge is 0.308 e. The fourth-order valence-corrected chi connectivity index (χ4v) is 3.76. The average Bonchev–Trinajstić information content (AvgIpc) is 2.91. The fraction of sp³-hybridized carbons (Fsp3) is 0.556. The number of carbonyl (C=O) groups is 3. The first-order chi connectivity index (χ1) is 11.6. The normalized spacial score (nSPS) is 24.6. The fourth-order valence-electron chi connectivity index (χ4n) is 3.76. The molecule has 7 heteroatoms. The van der Waals surface area contributed by atoms with Crippen LogP contribution in [-0.4, -0.2) is 38.7 Å². The Morgan fingerprint density at radius 3 is 2.68 bits per heavy atom. The topological polar surface area (TPSA) is 101 Å². The van der Waals surface area contributed by atoms with Crippen molar-refractivity contribution in [3.8, 4) is 0 Å². The Kier molecular flexibility index (Phi) is 4.05. The zero-order valence-corrected chi connectivity index (χ0v) is 14.9. The summed E-state index contributed by atoms with van der Waals surface area (Å²) in [4.78, 5) is 41.3. The number of aliphatic carboxylic acids is 1. The lowest BCUT2D eigenvalue weighted by Crippen LogP contribution is -2.40. The highest BCUT2D eigenvalue weighted by Gasteiger charge is 2.47. The molecule has 2 heterocycles. The highest BCUT2D eigenvalue weighted by atomic mass is 16.4. The number of hydrogen-bond acceptors (Lipinski definition) is 5. The highest BCUT2D eigenvalue weighted by molar-refractivity contribution is 6.06. The van der Waals surface area contributed by atoms with Crippen LogP contribution in [0.3, 0.4) is 0 Å². The Morgan fingerprint density at radius 1 is 1.40 bits per heavy atom. The third kappa shape index (κ3) is 2.77. The maximum atomic E-state index is 12.8. The van der Waals surface area contributed by atoms with Crippen molar-refractivity contribution in [2.75, 3.05) is 6.54 Å². The Hall–Kier alpha value is -2.44. The number of imidazole rings is 1. The molecular formula is C18H23N3O4. The van der Waals surface area contributed by atoms with Crippen molar-refractivity contribution in [1.29, 1.82) is 0 Å². The molecule has 0 spiro atoms. The van der Waals surface area contributed by atoms with Gasteiger partial charge < -0.3 is 15.0 Å². The van der Waals surface area contributed by atoms with Gasteiger partial charge in [-0.2, -0.15) is 0 Å². The Bertz CT molecular complexity index is 785. The van der Waals surface area contributed by atoms with Crippen LogP contribution in [0.4, 0.5) is 0 Å². The van der Waals surface area contributed by atoms with E-state index in [0.717, 1.165) is 0 Å². The van der Waals surface area contributed by atoms with Crippen molar-refractivity contribution in [1.82, 2.24) is 14.9 Å². The second-order valence-corrected chi connectivity index (χ2v) is 7.82. The number of hydrogen-bond donors (Lipinski definition) is 2. The van der Waals surface area contributed by atoms with E-state index in [-0.39, 0.29) is 11.6 Å². The van der Waals surface area contributed by atoms with Gasteiger partial charge in [-0.3, -0.25) is 14.4 Å². The molecule has 1 aliphatic carbocycles. The molecule has 1 aliphatic heterocycles. The van der Waals surface area contributed by atoms with E-state index in [0.29, 0.717) is 30.1 Å². The lowest BCUT2D eigenvalue weighted by molar-refractivity contribution is -0.148. The zero-order chi connectivity index (χ0) is 18.5. The maximum Gasteiger partial charge on any atom is 0.308 e. The zero-order valence-electron chi connectivity index (χ0n) is 14.9. The molecule has 2 aliphatic rings. The van der Waals surface area contributed by atoms with Gasteiger partial charge in [0.15, 0.2) is 11.6 Å². The Labute approximate surface area is 146 Å². The van der Waals surface area contributed by atoms with Gasteiger partial charge in [0.2, 0.25) is 0 Å². The predicted octanol–water partition coefficient (Wildman–Crippen LogP) is 1.76. The summed E-state index contributed by atoms with van der Waals surface area (Å²) >= 11 is 0. The molecular weight excluding hydrogens is 322 g/mol. The SMILES string of the molecule is CC1C(=O)CCNC2=CC(=O)C(C(C(=O)O)C(C)(C)C)c3ncn1c32. The van der Waals surface area contributed by atoms with Gasteiger partial charge in [-0.15, -0.1) is 0 Å². The first-order valence-corrected chi connectivity index (χ1v) is 8.45. The first kappa shape index (κ1) is 17.4. The molecule has 2 N–H and O–H groups in total. The van der Waals surface area contributed by atoms with Crippen molar-refractivity contribution in [2.45, 2.75) is 46.1 Å². The van der Waals surface area contributed by atoms with Crippen LogP contribution in [0.1, 0.15) is 57.5 Å². The molecule has 3 atom stereocenters. The van der Waals surface area contributed by atoms with Gasteiger partial charge in [0.05, 0.1) is 41.3 Å². The Balaban J connectivity index is 2.19. The van der Waals surface area contributed by atoms with Gasteiger partial charge in [0, 0.05) is 19.0 Å². The number of Topliss-reactive ketones (excluding diaryl/α,β-unsaturated/α-hetero) is 1. The molecule has 0 bridgehead atoms. The minimum Gasteiger partial charge on any atom is -0.481 e. The van der Waals surface area contributed by atoms with Gasteiger partial charge in [0.25, 0.3) is 0 Å². The number of nitrogens with zero attached hydrogens (tertiary/aromatic N) is 2. The minimum atomic E-state index is -1.02. The van der Waals surface area contributed by atoms with Crippen LogP contribution < -0.4 is 5.32 Å². The average molecular weight is 345 g/mol. The van der Waals surface area contributed by atoms with Gasteiger partial charge >= 0.3 is 5.97 Å². The van der Waals surface area contributed by atoms with Gasteiger partial charge in [-0.05, 0) is 12.3 Å². The summed E-state index contributed by atoms with van der Waals surface area (Å²) < 4.78 is 1.75. The van der Waals surface area contributed by atoms with Crippen molar-refractivity contribution in [3.05, 3.63) is 23.8 Å². The van der Waals surface area contributed by atoms with E-state index >= 15 is 0 Å². The number of carbonyl (C=O) groups excluding carboxylic acids is 2. The number of carboxylic acids is 1. The summed E-state index contributed by atoms with van der Waals surface area (Å²) in [5.74, 6) is -2.98. The summed E-state index contributed by atoms with van der Waals surface area (Å²) in [5.41, 5.74) is 1.09. The number of carboxylic acid groups (broad SMARTS) is 1. The predicted molar refractivity (Wildman–Crippen MR) is 90.9 cm³/mol. The van der Waals surface area contributed by atoms with E-state index in [4.69, 9.17) is 0 Å². The van der Waals surface area contributed by atoms with E-state index in [1.807, 2.05) is 20.8 Å². The van der Waals surface area contributed by atoms with Crippen LogP contribution in [0.2, 0.25) is 0 Å². The van der Waals surface area contributed by atoms with Crippen LogP contribution in [0.5, 0.6) is 0 Å². The number of rotatable bonds is 2. The van der Waals surface area contributed by atoms with Gasteiger partial charge in [0.1, 0.15) is 0 Å². The third-order valence-electron chi connectivity index (χ3n) is 5.07. The lowest BCUT2D eigenvalue weighted by Gasteiger charge is -2.35. The first-order valence-electron chi connectivity index (χ1n) is 8.45. The second kappa shape index (κ2) is 5.82. The lowest BCUT2D eigenvalue weighted by atomic mass is 9.68. The minimum absolute atomic E-state index is 0.0748. The number of nitrogens with one attached hydrogen (secondary N) is 1. The third-order valence-corrected chi connectivity index (χ3v) is 5.07. The maximum absolute atomic E-state index is 12.8. The second-order valence-electron chi connectivity index (χ2n) is 7.82. The van der Waals surface area contributed by atoms with Crippen molar-refractivity contribution in [3.63, 3.8) is 0 Å². The molecule has 0 radical (unpaired) electrons. The molecule has 1 aromatic heterocycles. The van der Waals surface area contributed by atoms with E-state index < -0.39 is 29.3 Å². The Morgan fingerprint density at radius 2 is 2.08 bits per heavy atom. The van der Waals surface area contributed by atoms with E-state index in [2.05, 4.69) is 10.3 Å². The summed E-state index contributed by atoms with van der Waals surface area (Å²) in [7, 11) is 0. The summed E-state index contributed by atoms with van der Waals surface area (Å²) in [6.45, 7) is 7.67. The molecule has 3 rings (SSSR count). The molecule has 7 nitrogen and oxygen atoms in total. The summed E-state index contributed by atoms with van der Waals surface area (Å²) in [5, 5.41) is 12.9. The molecule has 0 fully saturated rings. The molecule has 0 aromatic carbocycles. The monoisotopic (exact) mass is 345 g/mol. The van der Waals surface area contributed by atoms with Gasteiger partial charge in [-0.25, -0.2) is 4.98 Å². The number of allylic oxidation sites excluding steroid dienone is 1. The van der Waals surface area contributed by atoms with E-state index in [1.54, 1.807) is 17.8 Å². The quantitative estimate of drug-likeness (QED) is 0.847. The molecule has 0 amide bonds. The van der Waals surface area contributed by atoms with E-state index in [1.165, 1.54) is 6.08 Å². The molecule has 134 valence electrons. The van der Waals surface area contributed by atoms with Crippen LogP contribution >= 0.6 is 0 Å². The van der Waals surface area contributed by atoms with Gasteiger partial charge in [-0.1, -0.05) is 20.8 Å². The molecule has 1 aromatic rings. The molecule has 0 saturated heterocycles. The van der Waals surface area contributed by atoms with E-state index in [9.17, 15) is 19.5 Å². The van der Waals surface area contributed by atoms with Crippen molar-refractivity contribution >= 4 is 23.2 Å². The van der Waals surface area contributed by atoms with Crippen molar-refractivity contribution in [2.24, 2.45) is 11.3 Å². The standard InChI is InChI=1S/C18H23N3O4/c1-9-11(22)5-6-19-10-7-12(23)13(14(17(24)25)18(2,3)4)15-16(10)21(9)8-20-15/h7-9,13-14,19H,5-6H2,1-4H3,(H,24,25). The number of aromatic nitrogens is 2. The van der Waals surface area contributed by atoms with Crippen LogP contribution in [0, 0.1) is 11.3 Å². The van der Waals surface area contributed by atoms with Crippen LogP contribution in [0.25, 0.3) is 5.70 Å². The summed E-state index contributed by atoms with van der Waals surface area (Å²) in [6, 6.07) is -0.395. The molecule has 25 heavy (non-hydrogen) atoms. The van der Waals surface area contributed by atoms with Crippen molar-refractivity contribution < 1.29 is 19.5 Å².